The van der Waals surface area contributed by atoms with Gasteiger partial charge in [-0.3, -0.25) is 0 Å². The van der Waals surface area contributed by atoms with Crippen LogP contribution >= 0.6 is 0 Å². The fourth-order valence-corrected chi connectivity index (χ4v) is 3.91. The second kappa shape index (κ2) is 5.52. The van der Waals surface area contributed by atoms with E-state index in [9.17, 15) is 17.2 Å². The molecule has 0 saturated heterocycles. The molecule has 4 nitrogen and oxygen atoms in total. The summed E-state index contributed by atoms with van der Waals surface area (Å²) in [7, 11) is -4.26. The number of hydrogen-bond donors (Lipinski definition) is 1. The SMILES string of the molecule is O=S(=O)(c1c(F)cccc1F)N(CCO)C1CCC1. The molecule has 0 amide bonds. The van der Waals surface area contributed by atoms with Gasteiger partial charge in [-0.25, -0.2) is 17.2 Å². The Labute approximate surface area is 110 Å². The van der Waals surface area contributed by atoms with Gasteiger partial charge in [0.1, 0.15) is 11.6 Å². The molecule has 1 aromatic carbocycles. The van der Waals surface area contributed by atoms with Gasteiger partial charge in [-0.05, 0) is 25.0 Å². The Hall–Kier alpha value is -1.05. The molecule has 0 spiro atoms. The van der Waals surface area contributed by atoms with Crippen molar-refractivity contribution in [3.8, 4) is 0 Å². The highest BCUT2D eigenvalue weighted by Crippen LogP contribution is 2.31. The molecular weight excluding hydrogens is 276 g/mol. The first kappa shape index (κ1) is 14.4. The molecule has 0 unspecified atom stereocenters. The third-order valence-corrected chi connectivity index (χ3v) is 5.29. The van der Waals surface area contributed by atoms with Crippen LogP contribution in [0.3, 0.4) is 0 Å². The monoisotopic (exact) mass is 291 g/mol. The van der Waals surface area contributed by atoms with Crippen LogP contribution in [-0.4, -0.2) is 37.0 Å². The van der Waals surface area contributed by atoms with Gasteiger partial charge in [0.05, 0.1) is 6.61 Å². The number of aliphatic hydroxyl groups is 1. The average Bonchev–Trinajstić information content (AvgIpc) is 2.25. The standard InChI is InChI=1S/C12H15F2NO3S/c13-10-5-2-6-11(14)12(10)19(17,18)15(7-8-16)9-3-1-4-9/h2,5-6,9,16H,1,3-4,7-8H2. The van der Waals surface area contributed by atoms with Crippen molar-refractivity contribution in [3.63, 3.8) is 0 Å². The summed E-state index contributed by atoms with van der Waals surface area (Å²) in [5.41, 5.74) is 0. The average molecular weight is 291 g/mol. The topological polar surface area (TPSA) is 57.6 Å². The normalized spacial score (nSPS) is 16.6. The third kappa shape index (κ3) is 2.63. The molecule has 1 aliphatic rings. The van der Waals surface area contributed by atoms with E-state index in [0.717, 1.165) is 28.9 Å². The molecule has 1 saturated carbocycles. The van der Waals surface area contributed by atoms with E-state index in [4.69, 9.17) is 5.11 Å². The minimum atomic E-state index is -4.26. The van der Waals surface area contributed by atoms with E-state index in [2.05, 4.69) is 0 Å². The molecule has 0 atom stereocenters. The zero-order chi connectivity index (χ0) is 14.0. The molecular formula is C12H15F2NO3S. The lowest BCUT2D eigenvalue weighted by molar-refractivity contribution is 0.177. The number of aliphatic hydroxyl groups excluding tert-OH is 1. The van der Waals surface area contributed by atoms with Gasteiger partial charge in [-0.1, -0.05) is 12.5 Å². The minimum Gasteiger partial charge on any atom is -0.395 e. The number of benzene rings is 1. The van der Waals surface area contributed by atoms with E-state index >= 15 is 0 Å². The van der Waals surface area contributed by atoms with Gasteiger partial charge in [0, 0.05) is 12.6 Å². The summed E-state index contributed by atoms with van der Waals surface area (Å²) in [6.45, 7) is -0.535. The molecule has 19 heavy (non-hydrogen) atoms. The zero-order valence-corrected chi connectivity index (χ0v) is 11.0. The van der Waals surface area contributed by atoms with Crippen molar-refractivity contribution >= 4 is 10.0 Å². The molecule has 1 N–H and O–H groups in total. The van der Waals surface area contributed by atoms with Crippen molar-refractivity contribution in [1.29, 1.82) is 0 Å². The Kier molecular flexibility index (Phi) is 4.17. The highest BCUT2D eigenvalue weighted by Gasteiger charge is 2.37. The molecule has 0 aromatic heterocycles. The molecule has 0 heterocycles. The van der Waals surface area contributed by atoms with E-state index in [1.54, 1.807) is 0 Å². The summed E-state index contributed by atoms with van der Waals surface area (Å²) in [5.74, 6) is -2.22. The predicted octanol–water partition coefficient (Wildman–Crippen LogP) is 1.50. The lowest BCUT2D eigenvalue weighted by Crippen LogP contribution is -2.46. The van der Waals surface area contributed by atoms with Gasteiger partial charge >= 0.3 is 0 Å². The van der Waals surface area contributed by atoms with Crippen molar-refractivity contribution in [1.82, 2.24) is 4.31 Å². The summed E-state index contributed by atoms with van der Waals surface area (Å²) in [4.78, 5) is -0.935. The number of rotatable bonds is 5. The van der Waals surface area contributed by atoms with Gasteiger partial charge < -0.3 is 5.11 Å². The first-order valence-corrected chi connectivity index (χ1v) is 7.49. The molecule has 1 aromatic rings. The summed E-state index contributed by atoms with van der Waals surface area (Å²) < 4.78 is 52.9. The maximum atomic E-state index is 13.6. The Balaban J connectivity index is 2.44. The second-order valence-corrected chi connectivity index (χ2v) is 6.30. The number of halogens is 2. The summed E-state index contributed by atoms with van der Waals surface area (Å²) >= 11 is 0. The van der Waals surface area contributed by atoms with Crippen LogP contribution in [0.4, 0.5) is 8.78 Å². The van der Waals surface area contributed by atoms with Crippen LogP contribution in [0.1, 0.15) is 19.3 Å². The lowest BCUT2D eigenvalue weighted by atomic mass is 9.93. The molecule has 106 valence electrons. The van der Waals surface area contributed by atoms with Crippen LogP contribution in [0.2, 0.25) is 0 Å². The minimum absolute atomic E-state index is 0.152. The highest BCUT2D eigenvalue weighted by atomic mass is 32.2. The molecule has 0 radical (unpaired) electrons. The Morgan fingerprint density at radius 1 is 1.26 bits per heavy atom. The molecule has 7 heteroatoms. The van der Waals surface area contributed by atoms with Crippen LogP contribution in [0.15, 0.2) is 23.1 Å². The fraction of sp³-hybridized carbons (Fsp3) is 0.500. The van der Waals surface area contributed by atoms with E-state index in [1.807, 2.05) is 0 Å². The van der Waals surface area contributed by atoms with Gasteiger partial charge in [-0.15, -0.1) is 0 Å². The van der Waals surface area contributed by atoms with E-state index < -0.39 is 26.6 Å². The molecule has 1 aliphatic carbocycles. The maximum absolute atomic E-state index is 13.6. The second-order valence-electron chi connectivity index (χ2n) is 4.47. The van der Waals surface area contributed by atoms with Gasteiger partial charge in [0.2, 0.25) is 10.0 Å². The number of nitrogens with zero attached hydrogens (tertiary/aromatic N) is 1. The van der Waals surface area contributed by atoms with Gasteiger partial charge in [0.25, 0.3) is 0 Å². The Bertz CT molecular complexity index is 538. The molecule has 0 aliphatic heterocycles. The lowest BCUT2D eigenvalue weighted by Gasteiger charge is -2.36. The predicted molar refractivity (Wildman–Crippen MR) is 65.0 cm³/mol. The summed E-state index contributed by atoms with van der Waals surface area (Å²) in [6.07, 6.45) is 2.17. The van der Waals surface area contributed by atoms with E-state index in [1.165, 1.54) is 0 Å². The number of sulfonamides is 1. The molecule has 2 rings (SSSR count). The highest BCUT2D eigenvalue weighted by molar-refractivity contribution is 7.89. The smallest absolute Gasteiger partial charge is 0.249 e. The van der Waals surface area contributed by atoms with Crippen molar-refractivity contribution in [3.05, 3.63) is 29.8 Å². The van der Waals surface area contributed by atoms with Crippen molar-refractivity contribution in [2.45, 2.75) is 30.2 Å². The van der Waals surface area contributed by atoms with Crippen molar-refractivity contribution < 1.29 is 22.3 Å². The van der Waals surface area contributed by atoms with Gasteiger partial charge in [0.15, 0.2) is 4.90 Å². The molecule has 1 fully saturated rings. The maximum Gasteiger partial charge on any atom is 0.249 e. The quantitative estimate of drug-likeness (QED) is 0.894. The van der Waals surface area contributed by atoms with Crippen LogP contribution in [0.5, 0.6) is 0 Å². The Morgan fingerprint density at radius 2 is 1.84 bits per heavy atom. The van der Waals surface area contributed by atoms with E-state index in [0.29, 0.717) is 12.8 Å². The van der Waals surface area contributed by atoms with Crippen LogP contribution < -0.4 is 0 Å². The Morgan fingerprint density at radius 3 is 2.26 bits per heavy atom. The third-order valence-electron chi connectivity index (χ3n) is 3.29. The van der Waals surface area contributed by atoms with Crippen LogP contribution in [0.25, 0.3) is 0 Å². The van der Waals surface area contributed by atoms with Crippen LogP contribution in [-0.2, 0) is 10.0 Å². The zero-order valence-electron chi connectivity index (χ0n) is 10.2. The number of hydrogen-bond acceptors (Lipinski definition) is 3. The van der Waals surface area contributed by atoms with Crippen molar-refractivity contribution in [2.24, 2.45) is 0 Å². The van der Waals surface area contributed by atoms with E-state index in [-0.39, 0.29) is 19.2 Å². The first-order chi connectivity index (χ1) is 8.98. The largest absolute Gasteiger partial charge is 0.395 e. The first-order valence-electron chi connectivity index (χ1n) is 6.05. The van der Waals surface area contributed by atoms with Crippen LogP contribution in [0, 0.1) is 11.6 Å². The van der Waals surface area contributed by atoms with Crippen molar-refractivity contribution in [2.75, 3.05) is 13.2 Å². The summed E-state index contributed by atoms with van der Waals surface area (Å²) in [5, 5.41) is 8.96. The van der Waals surface area contributed by atoms with Gasteiger partial charge in [-0.2, -0.15) is 4.31 Å². The summed E-state index contributed by atoms with van der Waals surface area (Å²) in [6, 6.07) is 2.65. The fourth-order valence-electron chi connectivity index (χ4n) is 2.12. The molecule has 0 bridgehead atoms.